The Morgan fingerprint density at radius 1 is 0.963 bits per heavy atom. The summed E-state index contributed by atoms with van der Waals surface area (Å²) in [4.78, 5) is 53.2. The summed E-state index contributed by atoms with van der Waals surface area (Å²) in [5.74, 6) is -4.07. The molecule has 0 amide bonds. The van der Waals surface area contributed by atoms with Crippen molar-refractivity contribution < 1.29 is 54.2 Å². The van der Waals surface area contributed by atoms with Crippen LogP contribution >= 0.6 is 0 Å². The van der Waals surface area contributed by atoms with Gasteiger partial charge in [0.2, 0.25) is 0 Å². The maximum Gasteiger partial charge on any atom is 0.332 e. The van der Waals surface area contributed by atoms with E-state index in [4.69, 9.17) is 9.47 Å². The molecule has 0 saturated heterocycles. The first-order chi connectivity index (χ1) is 25.5. The molecule has 6 rings (SSSR count). The fourth-order valence-electron chi connectivity index (χ4n) is 9.92. The van der Waals surface area contributed by atoms with Gasteiger partial charge in [-0.2, -0.15) is 0 Å². The molecule has 4 aliphatic carbocycles. The van der Waals surface area contributed by atoms with Gasteiger partial charge in [-0.05, 0) is 98.2 Å². The lowest BCUT2D eigenvalue weighted by atomic mass is 9.49. The van der Waals surface area contributed by atoms with Crippen molar-refractivity contribution in [2.24, 2.45) is 28.6 Å². The van der Waals surface area contributed by atoms with Crippen LogP contribution in [0, 0.1) is 28.6 Å². The van der Waals surface area contributed by atoms with Gasteiger partial charge in [0, 0.05) is 30.0 Å². The van der Waals surface area contributed by atoms with Crippen LogP contribution in [-0.4, -0.2) is 86.8 Å². The number of carboxylic acids is 2. The van der Waals surface area contributed by atoms with Crippen molar-refractivity contribution in [3.05, 3.63) is 82.5 Å². The molecule has 0 radical (unpaired) electrons. The van der Waals surface area contributed by atoms with Crippen molar-refractivity contribution in [2.75, 3.05) is 27.3 Å². The van der Waals surface area contributed by atoms with Crippen LogP contribution in [-0.2, 0) is 32.1 Å². The van der Waals surface area contributed by atoms with Crippen molar-refractivity contribution in [3.8, 4) is 23.0 Å². The van der Waals surface area contributed by atoms with E-state index >= 15 is 0 Å². The molecular weight excluding hydrogens is 694 g/mol. The highest BCUT2D eigenvalue weighted by Gasteiger charge is 2.64. The molecule has 2 fully saturated rings. The van der Waals surface area contributed by atoms with Crippen LogP contribution in [0.4, 0.5) is 0 Å². The van der Waals surface area contributed by atoms with E-state index in [-0.39, 0.29) is 55.0 Å². The fourth-order valence-corrected chi connectivity index (χ4v) is 9.92. The third-order valence-corrected chi connectivity index (χ3v) is 12.9. The molecule has 0 aliphatic heterocycles. The third kappa shape index (κ3) is 6.81. The van der Waals surface area contributed by atoms with Crippen LogP contribution in [0.3, 0.4) is 0 Å². The first-order valence-corrected chi connectivity index (χ1v) is 18.4. The van der Waals surface area contributed by atoms with Gasteiger partial charge in [-0.1, -0.05) is 43.2 Å². The van der Waals surface area contributed by atoms with Crippen molar-refractivity contribution in [1.29, 1.82) is 0 Å². The van der Waals surface area contributed by atoms with E-state index in [1.165, 1.54) is 18.2 Å². The highest BCUT2D eigenvalue weighted by Crippen LogP contribution is 2.66. The highest BCUT2D eigenvalue weighted by atomic mass is 16.5. The highest BCUT2D eigenvalue weighted by molar-refractivity contribution is 6.05. The number of carboxylic acid groups (broad SMARTS) is 2. The summed E-state index contributed by atoms with van der Waals surface area (Å²) in [5.41, 5.74) is 0.0803. The molecule has 4 aliphatic rings. The number of rotatable bonds is 13. The van der Waals surface area contributed by atoms with Crippen LogP contribution in [0.25, 0.3) is 0 Å². The van der Waals surface area contributed by atoms with Gasteiger partial charge in [0.1, 0.15) is 5.60 Å². The quantitative estimate of drug-likeness (QED) is 0.102. The second kappa shape index (κ2) is 14.7. The Morgan fingerprint density at radius 3 is 2.35 bits per heavy atom. The summed E-state index contributed by atoms with van der Waals surface area (Å²) in [6.07, 6.45) is 7.50. The Balaban J connectivity index is 1.26. The number of methoxy groups -OCH3 is 2. The van der Waals surface area contributed by atoms with E-state index in [2.05, 4.69) is 6.08 Å². The lowest BCUT2D eigenvalue weighted by molar-refractivity contribution is -0.154. The molecule has 2 aromatic rings. The number of benzene rings is 2. The van der Waals surface area contributed by atoms with E-state index in [0.717, 1.165) is 16.7 Å². The number of ketones is 2. The molecule has 2 saturated carbocycles. The summed E-state index contributed by atoms with van der Waals surface area (Å²) in [5, 5.41) is 51.8. The predicted octanol–water partition coefficient (Wildman–Crippen LogP) is 5.23. The summed E-state index contributed by atoms with van der Waals surface area (Å²) in [6.45, 7) is 4.65. The van der Waals surface area contributed by atoms with Crippen LogP contribution in [0.5, 0.6) is 23.0 Å². The van der Waals surface area contributed by atoms with Gasteiger partial charge in [-0.15, -0.1) is 0 Å². The van der Waals surface area contributed by atoms with E-state index in [9.17, 15) is 44.7 Å². The first kappa shape index (κ1) is 38.8. The molecule has 1 unspecified atom stereocenters. The maximum atomic E-state index is 14.5. The van der Waals surface area contributed by atoms with Crippen LogP contribution in [0.2, 0.25) is 0 Å². The number of phenolic OH excluding ortho intramolecular Hbond substituents is 2. The zero-order chi connectivity index (χ0) is 39.2. The lowest BCUT2D eigenvalue weighted by Crippen LogP contribution is -2.57. The van der Waals surface area contributed by atoms with E-state index < -0.39 is 45.6 Å². The van der Waals surface area contributed by atoms with Gasteiger partial charge in [0.05, 0.1) is 32.3 Å². The second-order valence-corrected chi connectivity index (χ2v) is 15.7. The number of nitrogens with zero attached hydrogens (tertiary/aromatic N) is 1. The molecule has 0 aromatic heterocycles. The minimum atomic E-state index is -1.64. The second-order valence-electron chi connectivity index (χ2n) is 15.7. The largest absolute Gasteiger partial charge is 0.504 e. The van der Waals surface area contributed by atoms with Gasteiger partial charge >= 0.3 is 11.9 Å². The third-order valence-electron chi connectivity index (χ3n) is 12.9. The summed E-state index contributed by atoms with van der Waals surface area (Å²) >= 11 is 0. The Labute approximate surface area is 314 Å². The number of hydrogen-bond acceptors (Lipinski definition) is 10. The normalized spacial score (nSPS) is 29.0. The van der Waals surface area contributed by atoms with E-state index in [1.54, 1.807) is 20.3 Å². The number of ether oxygens (including phenoxy) is 2. The Kier molecular flexibility index (Phi) is 10.6. The Morgan fingerprint density at radius 2 is 1.69 bits per heavy atom. The van der Waals surface area contributed by atoms with Gasteiger partial charge in [0.25, 0.3) is 0 Å². The van der Waals surface area contributed by atoms with Crippen molar-refractivity contribution in [3.63, 3.8) is 0 Å². The molecular formula is C42H49NO11. The van der Waals surface area contributed by atoms with Gasteiger partial charge in [0.15, 0.2) is 34.6 Å². The van der Waals surface area contributed by atoms with Crippen LogP contribution in [0.15, 0.2) is 71.3 Å². The van der Waals surface area contributed by atoms with Crippen molar-refractivity contribution >= 4 is 23.5 Å². The standard InChI is InChI=1S/C42H49NO11/c1-40-21-29(28(39(50)51)20-38(48)49)33(45)19-26(40)7-8-27-30(40)11-14-41(2)31(27)12-15-42(41,52)37(47)23-43(22-25-5-9-32(44)34(46)17-25)16-13-24-6-10-35(53-3)36(18-24)54-4/h5-6,9-11,17-20,27,29,31,44,46,52H,7-8,12-16,21-23H2,1-4H3,(H,48,49)(H,50,51)/t27-,29?,31+,40+,41+,42+/m1/s1. The van der Waals surface area contributed by atoms with Gasteiger partial charge in [-0.3, -0.25) is 14.5 Å². The number of aromatic hydroxyl groups is 2. The number of fused-ring (bicyclic) bond motifs is 5. The number of Topliss-reactive ketones (excluding diaryl/α,β-unsaturated/α-hetero) is 1. The molecule has 0 spiro atoms. The maximum absolute atomic E-state index is 14.5. The molecule has 0 bridgehead atoms. The average molecular weight is 744 g/mol. The molecule has 12 nitrogen and oxygen atoms in total. The smallest absolute Gasteiger partial charge is 0.332 e. The molecule has 54 heavy (non-hydrogen) atoms. The van der Waals surface area contributed by atoms with Crippen molar-refractivity contribution in [1.82, 2.24) is 4.90 Å². The lowest BCUT2D eigenvalue weighted by Gasteiger charge is -2.55. The van der Waals surface area contributed by atoms with E-state index in [1.807, 2.05) is 36.9 Å². The number of allylic oxidation sites excluding steroid dienone is 4. The number of aliphatic hydroxyl groups is 1. The first-order valence-electron chi connectivity index (χ1n) is 18.4. The average Bonchev–Trinajstić information content (AvgIpc) is 3.41. The SMILES string of the molecule is COc1ccc(CCN(CC(=O)[C@@]2(O)CC[C@H]3[C@@H]4CCC5=CC(=O)C(C(=CC(=O)O)C(=O)O)C[C@]5(C)C4=CC[C@@]32C)Cc2ccc(O)c(O)c2)cc1OC. The van der Waals surface area contributed by atoms with Gasteiger partial charge in [-0.25, -0.2) is 9.59 Å². The monoisotopic (exact) mass is 743 g/mol. The molecule has 6 atom stereocenters. The Bertz CT molecular complexity index is 1960. The molecule has 2 aromatic carbocycles. The number of aliphatic carboxylic acids is 2. The van der Waals surface area contributed by atoms with Crippen LogP contribution in [0.1, 0.15) is 63.5 Å². The van der Waals surface area contributed by atoms with Gasteiger partial charge < -0.3 is 35.0 Å². The molecule has 5 N–H and O–H groups in total. The summed E-state index contributed by atoms with van der Waals surface area (Å²) in [6, 6.07) is 10.2. The number of carbonyl (C=O) groups excluding carboxylic acids is 2. The number of hydrogen-bond donors (Lipinski definition) is 5. The minimum Gasteiger partial charge on any atom is -0.504 e. The molecule has 288 valence electrons. The van der Waals surface area contributed by atoms with Crippen molar-refractivity contribution in [2.45, 2.75) is 70.9 Å². The summed E-state index contributed by atoms with van der Waals surface area (Å²) < 4.78 is 10.9. The number of carbonyl (C=O) groups is 4. The predicted molar refractivity (Wildman–Crippen MR) is 197 cm³/mol. The minimum absolute atomic E-state index is 0.0144. The Hall–Kier alpha value is -4.94. The zero-order valence-electron chi connectivity index (χ0n) is 31.1. The fraction of sp³-hybridized carbons (Fsp3) is 0.476. The summed E-state index contributed by atoms with van der Waals surface area (Å²) in [7, 11) is 3.13. The topological polar surface area (TPSA) is 191 Å². The number of phenols is 2. The van der Waals surface area contributed by atoms with Crippen LogP contribution < -0.4 is 9.47 Å². The molecule has 12 heteroatoms. The van der Waals surface area contributed by atoms with E-state index in [0.29, 0.717) is 61.8 Å². The molecule has 0 heterocycles. The zero-order valence-corrected chi connectivity index (χ0v) is 31.1.